The molecule has 0 spiro atoms. The molecular weight excluding hydrogens is 250 g/mol. The fraction of sp³-hybridized carbons (Fsp3) is 0.0769. The van der Waals surface area contributed by atoms with Crippen LogP contribution in [0.15, 0.2) is 54.6 Å². The Hall–Kier alpha value is -1.85. The van der Waals surface area contributed by atoms with E-state index in [1.54, 1.807) is 12.1 Å². The Morgan fingerprint density at radius 3 is 2.39 bits per heavy atom. The Balaban J connectivity index is 2.16. The van der Waals surface area contributed by atoms with E-state index in [9.17, 15) is 8.42 Å². The third-order valence-corrected chi connectivity index (χ3v) is 3.75. The first-order valence-electron chi connectivity index (χ1n) is 5.51. The molecule has 2 aromatic rings. The van der Waals surface area contributed by atoms with Crippen LogP contribution in [0.2, 0.25) is 0 Å². The minimum Gasteiger partial charge on any atom is -0.371 e. The first-order valence-corrected chi connectivity index (χ1v) is 6.92. The van der Waals surface area contributed by atoms with Crippen LogP contribution in [0.25, 0.3) is 0 Å². The van der Waals surface area contributed by atoms with Gasteiger partial charge in [-0.25, -0.2) is 0 Å². The van der Waals surface area contributed by atoms with E-state index >= 15 is 0 Å². The van der Waals surface area contributed by atoms with Crippen LogP contribution < -0.4 is 8.91 Å². The minimum atomic E-state index is -3.74. The monoisotopic (exact) mass is 261 g/mol. The van der Waals surface area contributed by atoms with Gasteiger partial charge in [0.25, 0.3) is 0 Å². The molecule has 3 rings (SSSR count). The molecule has 0 amide bonds. The highest BCUT2D eigenvalue weighted by Crippen LogP contribution is 2.34. The number of hydrogen-bond acceptors (Lipinski definition) is 3. The van der Waals surface area contributed by atoms with Crippen LogP contribution in [0.5, 0.6) is 5.75 Å². The summed E-state index contributed by atoms with van der Waals surface area (Å²) in [4.78, 5) is 0. The van der Waals surface area contributed by atoms with Crippen LogP contribution in [0.4, 0.5) is 0 Å². The van der Waals surface area contributed by atoms with Crippen molar-refractivity contribution in [3.8, 4) is 5.75 Å². The molecule has 0 fully saturated rings. The molecule has 0 saturated carbocycles. The Morgan fingerprint density at radius 1 is 0.944 bits per heavy atom. The lowest BCUT2D eigenvalue weighted by atomic mass is 9.99. The van der Waals surface area contributed by atoms with Crippen molar-refractivity contribution < 1.29 is 12.6 Å². The van der Waals surface area contributed by atoms with Gasteiger partial charge in [-0.1, -0.05) is 48.5 Å². The summed E-state index contributed by atoms with van der Waals surface area (Å²) in [6.07, 6.45) is 0. The van der Waals surface area contributed by atoms with Crippen molar-refractivity contribution in [2.24, 2.45) is 0 Å². The van der Waals surface area contributed by atoms with Crippen molar-refractivity contribution in [1.82, 2.24) is 4.72 Å². The lowest BCUT2D eigenvalue weighted by Gasteiger charge is -2.26. The Labute approximate surface area is 105 Å². The zero-order valence-corrected chi connectivity index (χ0v) is 10.2. The second kappa shape index (κ2) is 4.12. The number of hydrogen-bond donors (Lipinski definition) is 1. The molecule has 0 bridgehead atoms. The van der Waals surface area contributed by atoms with Crippen LogP contribution in [0, 0.1) is 0 Å². The third-order valence-electron chi connectivity index (χ3n) is 2.82. The molecule has 0 saturated heterocycles. The van der Waals surface area contributed by atoms with Gasteiger partial charge >= 0.3 is 10.3 Å². The summed E-state index contributed by atoms with van der Waals surface area (Å²) in [6.45, 7) is 0. The topological polar surface area (TPSA) is 55.4 Å². The minimum absolute atomic E-state index is 0.380. The molecule has 0 aromatic heterocycles. The van der Waals surface area contributed by atoms with Gasteiger partial charge in [0.15, 0.2) is 0 Å². The summed E-state index contributed by atoms with van der Waals surface area (Å²) in [5.41, 5.74) is 1.70. The highest BCUT2D eigenvalue weighted by Gasteiger charge is 2.30. The zero-order valence-electron chi connectivity index (χ0n) is 9.41. The average Bonchev–Trinajstić information content (AvgIpc) is 2.38. The van der Waals surface area contributed by atoms with E-state index in [-0.39, 0.29) is 0 Å². The number of fused-ring (bicyclic) bond motifs is 1. The van der Waals surface area contributed by atoms with E-state index in [1.165, 1.54) is 0 Å². The predicted molar refractivity (Wildman–Crippen MR) is 67.4 cm³/mol. The second-order valence-corrected chi connectivity index (χ2v) is 5.35. The van der Waals surface area contributed by atoms with Gasteiger partial charge in [-0.3, -0.25) is 0 Å². The van der Waals surface area contributed by atoms with E-state index in [1.807, 2.05) is 42.5 Å². The molecule has 0 unspecified atom stereocenters. The molecular formula is C13H11NO3S. The van der Waals surface area contributed by atoms with Crippen molar-refractivity contribution in [3.05, 3.63) is 65.7 Å². The van der Waals surface area contributed by atoms with Gasteiger partial charge in [-0.15, -0.1) is 0 Å². The lowest BCUT2D eigenvalue weighted by molar-refractivity contribution is 0.442. The van der Waals surface area contributed by atoms with Gasteiger partial charge in [0.05, 0.1) is 6.04 Å². The summed E-state index contributed by atoms with van der Waals surface area (Å²) in [7, 11) is -3.74. The maximum Gasteiger partial charge on any atom is 0.383 e. The fourth-order valence-corrected chi connectivity index (χ4v) is 3.03. The SMILES string of the molecule is O=S1(=O)N[C@@H](c2ccccc2)c2ccccc2O1. The molecule has 0 radical (unpaired) electrons. The molecule has 18 heavy (non-hydrogen) atoms. The molecule has 0 aliphatic carbocycles. The maximum absolute atomic E-state index is 11.7. The smallest absolute Gasteiger partial charge is 0.371 e. The van der Waals surface area contributed by atoms with E-state index in [0.717, 1.165) is 11.1 Å². The molecule has 4 nitrogen and oxygen atoms in total. The van der Waals surface area contributed by atoms with E-state index in [2.05, 4.69) is 4.72 Å². The normalized spacial score (nSPS) is 20.8. The zero-order chi connectivity index (χ0) is 12.6. The average molecular weight is 261 g/mol. The van der Waals surface area contributed by atoms with Gasteiger partial charge in [0.1, 0.15) is 5.75 Å². The second-order valence-electron chi connectivity index (χ2n) is 4.04. The van der Waals surface area contributed by atoms with Crippen molar-refractivity contribution in [3.63, 3.8) is 0 Å². The van der Waals surface area contributed by atoms with Crippen LogP contribution in [0.1, 0.15) is 17.2 Å². The summed E-state index contributed by atoms with van der Waals surface area (Å²) >= 11 is 0. The van der Waals surface area contributed by atoms with Crippen LogP contribution in [-0.4, -0.2) is 8.42 Å². The van der Waals surface area contributed by atoms with E-state index in [0.29, 0.717) is 5.75 Å². The lowest BCUT2D eigenvalue weighted by Crippen LogP contribution is -2.37. The highest BCUT2D eigenvalue weighted by atomic mass is 32.2. The predicted octanol–water partition coefficient (Wildman–Crippen LogP) is 2.00. The van der Waals surface area contributed by atoms with Gasteiger partial charge in [-0.2, -0.15) is 13.1 Å². The standard InChI is InChI=1S/C13H11NO3S/c15-18(16)14-13(10-6-2-1-3-7-10)11-8-4-5-9-12(11)17-18/h1-9,13-14H/t13-/m0/s1. The summed E-state index contributed by atoms with van der Waals surface area (Å²) in [5.74, 6) is 0.380. The van der Waals surface area contributed by atoms with Crippen molar-refractivity contribution >= 4 is 10.3 Å². The quantitative estimate of drug-likeness (QED) is 0.854. The summed E-state index contributed by atoms with van der Waals surface area (Å²) in [6, 6.07) is 16.1. The van der Waals surface area contributed by atoms with E-state index in [4.69, 9.17) is 4.18 Å². The number of benzene rings is 2. The maximum atomic E-state index is 11.7. The van der Waals surface area contributed by atoms with Crippen LogP contribution in [0.3, 0.4) is 0 Å². The highest BCUT2D eigenvalue weighted by molar-refractivity contribution is 7.85. The molecule has 1 heterocycles. The fourth-order valence-electron chi connectivity index (χ4n) is 2.04. The molecule has 2 aromatic carbocycles. The Morgan fingerprint density at radius 2 is 1.61 bits per heavy atom. The number of rotatable bonds is 1. The van der Waals surface area contributed by atoms with Crippen molar-refractivity contribution in [2.45, 2.75) is 6.04 Å². The third kappa shape index (κ3) is 1.98. The van der Waals surface area contributed by atoms with Gasteiger partial charge in [-0.05, 0) is 11.6 Å². The Bertz CT molecular complexity index is 668. The van der Waals surface area contributed by atoms with Gasteiger partial charge in [0, 0.05) is 5.56 Å². The van der Waals surface area contributed by atoms with Gasteiger partial charge in [0.2, 0.25) is 0 Å². The molecule has 5 heteroatoms. The summed E-state index contributed by atoms with van der Waals surface area (Å²) in [5, 5.41) is 0. The van der Waals surface area contributed by atoms with Crippen LogP contribution >= 0.6 is 0 Å². The summed E-state index contributed by atoms with van der Waals surface area (Å²) < 4.78 is 30.8. The molecule has 92 valence electrons. The van der Waals surface area contributed by atoms with Crippen LogP contribution in [-0.2, 0) is 10.3 Å². The van der Waals surface area contributed by atoms with Gasteiger partial charge < -0.3 is 4.18 Å². The molecule has 1 atom stereocenters. The molecule has 1 aliphatic rings. The first-order chi connectivity index (χ1) is 8.66. The Kier molecular flexibility index (Phi) is 2.57. The first kappa shape index (κ1) is 11.3. The molecule has 1 aliphatic heterocycles. The van der Waals surface area contributed by atoms with Crippen molar-refractivity contribution in [2.75, 3.05) is 0 Å². The van der Waals surface area contributed by atoms with E-state index < -0.39 is 16.3 Å². The molecule has 1 N–H and O–H groups in total. The largest absolute Gasteiger partial charge is 0.383 e. The van der Waals surface area contributed by atoms with Crippen molar-refractivity contribution in [1.29, 1.82) is 0 Å². The number of nitrogens with one attached hydrogen (secondary N) is 1. The number of para-hydroxylation sites is 1.